The smallest absolute Gasteiger partial charge is 0.337 e. The lowest BCUT2D eigenvalue weighted by atomic mass is 9.63. The first-order valence-electron chi connectivity index (χ1n) is 12.5. The van der Waals surface area contributed by atoms with E-state index in [1.165, 1.54) is 64.5 Å². The average molecular weight is 443 g/mol. The van der Waals surface area contributed by atoms with E-state index in [0.29, 0.717) is 16.9 Å². The number of hydrogen-bond acceptors (Lipinski definition) is 2. The van der Waals surface area contributed by atoms with Gasteiger partial charge in [0.25, 0.3) is 0 Å². The number of esters is 1. The minimum absolute atomic E-state index is 0.0801. The first kappa shape index (κ1) is 23.2. The third kappa shape index (κ3) is 4.84. The Morgan fingerprint density at radius 1 is 0.969 bits per heavy atom. The standard InChI is InChI=1S/C28H36F2O2/c1-3-4-5-6-7-18-8-9-20-15-21(11-10-19(20)14-18)24-16-22-12-13-23(28(31)32-2)17-25(22)27(30)26(24)29/h12-13,16-21H,3-11,14-15H2,1-2H3. The maximum atomic E-state index is 15.1. The molecule has 0 amide bonds. The van der Waals surface area contributed by atoms with Crippen LogP contribution < -0.4 is 0 Å². The minimum atomic E-state index is -0.846. The first-order valence-corrected chi connectivity index (χ1v) is 12.5. The molecule has 4 atom stereocenters. The number of fused-ring (bicyclic) bond motifs is 2. The summed E-state index contributed by atoms with van der Waals surface area (Å²) in [6, 6.07) is 6.51. The molecule has 0 saturated heterocycles. The Hall–Kier alpha value is -1.97. The maximum Gasteiger partial charge on any atom is 0.337 e. The number of benzene rings is 2. The first-order chi connectivity index (χ1) is 15.5. The molecule has 2 aromatic rings. The summed E-state index contributed by atoms with van der Waals surface area (Å²) in [5.41, 5.74) is 0.749. The number of halogens is 2. The van der Waals surface area contributed by atoms with Crippen molar-refractivity contribution in [1.29, 1.82) is 0 Å². The van der Waals surface area contributed by atoms with Crippen molar-refractivity contribution in [1.82, 2.24) is 0 Å². The van der Waals surface area contributed by atoms with Crippen LogP contribution in [0, 0.1) is 29.4 Å². The highest BCUT2D eigenvalue weighted by molar-refractivity contribution is 5.95. The van der Waals surface area contributed by atoms with Crippen LogP contribution >= 0.6 is 0 Å². The van der Waals surface area contributed by atoms with Crippen molar-refractivity contribution >= 4 is 16.7 Å². The van der Waals surface area contributed by atoms with Gasteiger partial charge in [0.1, 0.15) is 0 Å². The Kier molecular flexibility index (Phi) is 7.48. The Bertz CT molecular complexity index is 954. The van der Waals surface area contributed by atoms with Gasteiger partial charge in [-0.3, -0.25) is 0 Å². The quantitative estimate of drug-likeness (QED) is 0.319. The van der Waals surface area contributed by atoms with Gasteiger partial charge in [-0.2, -0.15) is 0 Å². The van der Waals surface area contributed by atoms with Crippen LogP contribution in [-0.2, 0) is 4.74 Å². The molecule has 32 heavy (non-hydrogen) atoms. The third-order valence-corrected chi connectivity index (χ3v) is 8.10. The molecule has 2 aliphatic rings. The lowest BCUT2D eigenvalue weighted by molar-refractivity contribution is 0.0601. The van der Waals surface area contributed by atoms with E-state index in [9.17, 15) is 9.18 Å². The van der Waals surface area contributed by atoms with Crippen molar-refractivity contribution in [3.8, 4) is 0 Å². The largest absolute Gasteiger partial charge is 0.465 e. The third-order valence-electron chi connectivity index (χ3n) is 8.10. The molecule has 4 unspecified atom stereocenters. The monoisotopic (exact) mass is 442 g/mol. The van der Waals surface area contributed by atoms with Crippen LogP contribution in [-0.4, -0.2) is 13.1 Å². The van der Waals surface area contributed by atoms with Crippen molar-refractivity contribution in [3.05, 3.63) is 47.0 Å². The average Bonchev–Trinajstić information content (AvgIpc) is 2.83. The lowest BCUT2D eigenvalue weighted by Gasteiger charge is -2.42. The molecule has 174 valence electrons. The number of rotatable bonds is 7. The summed E-state index contributed by atoms with van der Waals surface area (Å²) in [5, 5.41) is 0.788. The fraction of sp³-hybridized carbons (Fsp3) is 0.607. The molecule has 0 spiro atoms. The van der Waals surface area contributed by atoms with E-state index in [1.807, 2.05) is 0 Å². The molecule has 0 radical (unpaired) electrons. The number of hydrogen-bond donors (Lipinski definition) is 0. The van der Waals surface area contributed by atoms with E-state index in [0.717, 1.165) is 31.1 Å². The van der Waals surface area contributed by atoms with Gasteiger partial charge in [0, 0.05) is 5.39 Å². The minimum Gasteiger partial charge on any atom is -0.465 e. The Labute approximate surface area is 190 Å². The topological polar surface area (TPSA) is 26.3 Å². The van der Waals surface area contributed by atoms with E-state index in [1.54, 1.807) is 18.2 Å². The van der Waals surface area contributed by atoms with E-state index in [4.69, 9.17) is 4.74 Å². The zero-order chi connectivity index (χ0) is 22.7. The molecule has 2 fully saturated rings. The highest BCUT2D eigenvalue weighted by atomic mass is 19.2. The second-order valence-corrected chi connectivity index (χ2v) is 10.1. The Balaban J connectivity index is 1.46. The molecule has 2 saturated carbocycles. The van der Waals surface area contributed by atoms with Crippen molar-refractivity contribution in [3.63, 3.8) is 0 Å². The maximum absolute atomic E-state index is 15.1. The predicted octanol–water partition coefficient (Wildman–Crippen LogP) is 8.18. The van der Waals surface area contributed by atoms with Crippen LogP contribution in [0.1, 0.15) is 99.4 Å². The molecular formula is C28H36F2O2. The Morgan fingerprint density at radius 3 is 2.53 bits per heavy atom. The van der Waals surface area contributed by atoms with E-state index in [-0.39, 0.29) is 16.9 Å². The van der Waals surface area contributed by atoms with E-state index < -0.39 is 17.6 Å². The molecule has 4 heteroatoms. The fourth-order valence-electron chi connectivity index (χ4n) is 6.28. The van der Waals surface area contributed by atoms with E-state index in [2.05, 4.69) is 6.92 Å². The second kappa shape index (κ2) is 10.3. The molecule has 2 nitrogen and oxygen atoms in total. The number of carbonyl (C=O) groups excluding carboxylic acids is 1. The summed E-state index contributed by atoms with van der Waals surface area (Å²) in [6.07, 6.45) is 13.6. The summed E-state index contributed by atoms with van der Waals surface area (Å²) in [4.78, 5) is 11.8. The van der Waals surface area contributed by atoms with Gasteiger partial charge in [-0.05, 0) is 84.9 Å². The molecule has 0 heterocycles. The predicted molar refractivity (Wildman–Crippen MR) is 125 cm³/mol. The van der Waals surface area contributed by atoms with Crippen molar-refractivity contribution in [2.24, 2.45) is 17.8 Å². The molecule has 0 bridgehead atoms. The zero-order valence-corrected chi connectivity index (χ0v) is 19.5. The number of ether oxygens (including phenoxy) is 1. The molecule has 2 aromatic carbocycles. The van der Waals surface area contributed by atoms with Gasteiger partial charge >= 0.3 is 5.97 Å². The molecule has 0 aromatic heterocycles. The number of unbranched alkanes of at least 4 members (excludes halogenated alkanes) is 3. The van der Waals surface area contributed by atoms with Crippen molar-refractivity contribution < 1.29 is 18.3 Å². The van der Waals surface area contributed by atoms with Gasteiger partial charge in [0.15, 0.2) is 11.6 Å². The summed E-state index contributed by atoms with van der Waals surface area (Å²) in [5.74, 6) is 0.205. The second-order valence-electron chi connectivity index (χ2n) is 10.1. The lowest BCUT2D eigenvalue weighted by Crippen LogP contribution is -2.30. The van der Waals surface area contributed by atoms with Crippen LogP contribution in [0.25, 0.3) is 10.8 Å². The summed E-state index contributed by atoms with van der Waals surface area (Å²) in [7, 11) is 1.28. The normalized spacial score (nSPS) is 25.5. The summed E-state index contributed by atoms with van der Waals surface area (Å²) < 4.78 is 34.8. The van der Waals surface area contributed by atoms with Gasteiger partial charge in [-0.25, -0.2) is 13.6 Å². The van der Waals surface area contributed by atoms with Crippen molar-refractivity contribution in [2.45, 2.75) is 83.5 Å². The van der Waals surface area contributed by atoms with Crippen LogP contribution in [0.4, 0.5) is 8.78 Å². The van der Waals surface area contributed by atoms with Crippen LogP contribution in [0.3, 0.4) is 0 Å². The molecule has 0 N–H and O–H groups in total. The fourth-order valence-corrected chi connectivity index (χ4v) is 6.28. The molecule has 0 aliphatic heterocycles. The van der Waals surface area contributed by atoms with E-state index >= 15 is 4.39 Å². The molecule has 4 rings (SSSR count). The molecule has 2 aliphatic carbocycles. The van der Waals surface area contributed by atoms with Crippen LogP contribution in [0.2, 0.25) is 0 Å². The van der Waals surface area contributed by atoms with Crippen LogP contribution in [0.15, 0.2) is 24.3 Å². The SMILES string of the molecule is CCCCCCC1CCC2CC(c3cc4ccc(C(=O)OC)cc4c(F)c3F)CCC2C1. The highest BCUT2D eigenvalue weighted by Gasteiger charge is 2.37. The van der Waals surface area contributed by atoms with Gasteiger partial charge in [-0.15, -0.1) is 0 Å². The van der Waals surface area contributed by atoms with Crippen molar-refractivity contribution in [2.75, 3.05) is 7.11 Å². The van der Waals surface area contributed by atoms with Gasteiger partial charge in [-0.1, -0.05) is 51.5 Å². The van der Waals surface area contributed by atoms with Gasteiger partial charge < -0.3 is 4.74 Å². The zero-order valence-electron chi connectivity index (χ0n) is 19.5. The Morgan fingerprint density at radius 2 is 1.75 bits per heavy atom. The molecular weight excluding hydrogens is 406 g/mol. The number of carbonyl (C=O) groups is 1. The highest BCUT2D eigenvalue weighted by Crippen LogP contribution is 2.49. The number of methoxy groups -OCH3 is 1. The van der Waals surface area contributed by atoms with Gasteiger partial charge in [0.05, 0.1) is 12.7 Å². The van der Waals surface area contributed by atoms with Crippen LogP contribution in [0.5, 0.6) is 0 Å². The summed E-state index contributed by atoms with van der Waals surface area (Å²) >= 11 is 0. The summed E-state index contributed by atoms with van der Waals surface area (Å²) in [6.45, 7) is 2.26. The van der Waals surface area contributed by atoms with Gasteiger partial charge in [0.2, 0.25) is 0 Å².